The van der Waals surface area contributed by atoms with Gasteiger partial charge >= 0.3 is 0 Å². The molecular weight excluding hydrogens is 339 g/mol. The lowest BCUT2D eigenvalue weighted by atomic mass is 9.98. The molecule has 1 aromatic heterocycles. The molecule has 1 aliphatic rings. The van der Waals surface area contributed by atoms with Crippen molar-refractivity contribution >= 4 is 34.0 Å². The molecule has 0 fully saturated rings. The number of aromatic amines is 1. The number of halogens is 2. The number of hydrogen-bond donors (Lipinski definition) is 1. The molecule has 0 aliphatic carbocycles. The van der Waals surface area contributed by atoms with E-state index in [-0.39, 0.29) is 5.91 Å². The standard InChI is InChI=1S/C20H16ClFN2O/c21-15-4-5-17-18(12-23-19(17)11-15)13-6-8-24(9-7-13)20(25)14-2-1-3-16(22)10-14/h1-6,10-12,23H,7-9H2. The minimum absolute atomic E-state index is 0.138. The number of hydrogen-bond acceptors (Lipinski definition) is 1. The summed E-state index contributed by atoms with van der Waals surface area (Å²) in [5.74, 6) is -0.531. The Morgan fingerprint density at radius 1 is 1.20 bits per heavy atom. The van der Waals surface area contributed by atoms with Crippen LogP contribution in [0.2, 0.25) is 5.02 Å². The zero-order valence-electron chi connectivity index (χ0n) is 13.4. The van der Waals surface area contributed by atoms with E-state index >= 15 is 0 Å². The van der Waals surface area contributed by atoms with Gasteiger partial charge in [-0.2, -0.15) is 0 Å². The fourth-order valence-electron chi connectivity index (χ4n) is 3.27. The highest BCUT2D eigenvalue weighted by Crippen LogP contribution is 2.30. The predicted molar refractivity (Wildman–Crippen MR) is 98.2 cm³/mol. The third-order valence-corrected chi connectivity index (χ3v) is 4.79. The van der Waals surface area contributed by atoms with Gasteiger partial charge < -0.3 is 9.88 Å². The Morgan fingerprint density at radius 2 is 2.08 bits per heavy atom. The molecule has 25 heavy (non-hydrogen) atoms. The van der Waals surface area contributed by atoms with Crippen molar-refractivity contribution in [1.29, 1.82) is 0 Å². The lowest BCUT2D eigenvalue weighted by Crippen LogP contribution is -2.34. The van der Waals surface area contributed by atoms with Crippen LogP contribution in [0, 0.1) is 5.82 Å². The molecule has 2 heterocycles. The molecule has 2 aromatic carbocycles. The topological polar surface area (TPSA) is 36.1 Å². The van der Waals surface area contributed by atoms with Gasteiger partial charge in [0.25, 0.3) is 5.91 Å². The molecule has 0 saturated heterocycles. The third-order valence-electron chi connectivity index (χ3n) is 4.56. The molecular formula is C20H16ClFN2O. The van der Waals surface area contributed by atoms with Gasteiger partial charge in [-0.05, 0) is 42.3 Å². The molecule has 0 bridgehead atoms. The van der Waals surface area contributed by atoms with E-state index in [9.17, 15) is 9.18 Å². The van der Waals surface area contributed by atoms with Gasteiger partial charge in [0.15, 0.2) is 0 Å². The number of aromatic nitrogens is 1. The molecule has 3 nitrogen and oxygen atoms in total. The minimum Gasteiger partial charge on any atom is -0.361 e. The summed E-state index contributed by atoms with van der Waals surface area (Å²) < 4.78 is 13.3. The lowest BCUT2D eigenvalue weighted by molar-refractivity contribution is 0.0772. The number of rotatable bonds is 2. The first kappa shape index (κ1) is 15.9. The monoisotopic (exact) mass is 354 g/mol. The van der Waals surface area contributed by atoms with E-state index < -0.39 is 5.82 Å². The zero-order chi connectivity index (χ0) is 17.4. The van der Waals surface area contributed by atoms with Gasteiger partial charge in [0.2, 0.25) is 0 Å². The van der Waals surface area contributed by atoms with Gasteiger partial charge in [0.1, 0.15) is 5.82 Å². The number of nitrogens with one attached hydrogen (secondary N) is 1. The molecule has 3 aromatic rings. The van der Waals surface area contributed by atoms with Crippen LogP contribution >= 0.6 is 11.6 Å². The SMILES string of the molecule is O=C(c1cccc(F)c1)N1CC=C(c2c[nH]c3cc(Cl)ccc23)CC1. The summed E-state index contributed by atoms with van der Waals surface area (Å²) in [4.78, 5) is 17.5. The molecule has 0 radical (unpaired) electrons. The van der Waals surface area contributed by atoms with Gasteiger partial charge in [0, 0.05) is 46.3 Å². The summed E-state index contributed by atoms with van der Waals surface area (Å²) in [5, 5.41) is 1.82. The fourth-order valence-corrected chi connectivity index (χ4v) is 3.44. The maximum atomic E-state index is 13.3. The van der Waals surface area contributed by atoms with Crippen LogP contribution in [0.1, 0.15) is 22.3 Å². The molecule has 0 unspecified atom stereocenters. The van der Waals surface area contributed by atoms with Gasteiger partial charge in [0.05, 0.1) is 0 Å². The second kappa shape index (κ2) is 6.37. The predicted octanol–water partition coefficient (Wildman–Crippen LogP) is 4.89. The van der Waals surface area contributed by atoms with Crippen LogP contribution < -0.4 is 0 Å². The number of nitrogens with zero attached hydrogens (tertiary/aromatic N) is 1. The molecule has 126 valence electrons. The minimum atomic E-state index is -0.392. The highest BCUT2D eigenvalue weighted by molar-refractivity contribution is 6.31. The molecule has 1 N–H and O–H groups in total. The van der Waals surface area contributed by atoms with Crippen molar-refractivity contribution < 1.29 is 9.18 Å². The number of amides is 1. The van der Waals surface area contributed by atoms with Gasteiger partial charge in [-0.25, -0.2) is 4.39 Å². The van der Waals surface area contributed by atoms with Crippen molar-refractivity contribution in [3.63, 3.8) is 0 Å². The fraction of sp³-hybridized carbons (Fsp3) is 0.150. The molecule has 0 atom stereocenters. The Hall–Kier alpha value is -2.59. The summed E-state index contributed by atoms with van der Waals surface area (Å²) in [6.45, 7) is 1.13. The average molecular weight is 355 g/mol. The van der Waals surface area contributed by atoms with Crippen molar-refractivity contribution in [2.45, 2.75) is 6.42 Å². The smallest absolute Gasteiger partial charge is 0.254 e. The van der Waals surface area contributed by atoms with E-state index in [0.717, 1.165) is 22.9 Å². The Labute approximate surface area is 149 Å². The summed E-state index contributed by atoms with van der Waals surface area (Å²) in [6.07, 6.45) is 4.81. The van der Waals surface area contributed by atoms with E-state index in [1.54, 1.807) is 17.0 Å². The number of carbonyl (C=O) groups is 1. The van der Waals surface area contributed by atoms with Gasteiger partial charge in [-0.1, -0.05) is 29.8 Å². The van der Waals surface area contributed by atoms with E-state index in [1.165, 1.54) is 17.7 Å². The Balaban J connectivity index is 1.56. The molecule has 1 amide bonds. The average Bonchev–Trinajstić information content (AvgIpc) is 3.04. The number of carbonyl (C=O) groups excluding carboxylic acids is 1. The van der Waals surface area contributed by atoms with Crippen molar-refractivity contribution in [3.8, 4) is 0 Å². The first-order valence-corrected chi connectivity index (χ1v) is 8.50. The molecule has 4 rings (SSSR count). The van der Waals surface area contributed by atoms with E-state index in [1.807, 2.05) is 24.4 Å². The largest absolute Gasteiger partial charge is 0.361 e. The number of benzene rings is 2. The maximum absolute atomic E-state index is 13.3. The van der Waals surface area contributed by atoms with Crippen LogP contribution in [0.5, 0.6) is 0 Å². The number of H-pyrrole nitrogens is 1. The Morgan fingerprint density at radius 3 is 2.84 bits per heavy atom. The Kier molecular flexibility index (Phi) is 4.06. The third kappa shape index (κ3) is 3.05. The summed E-state index contributed by atoms with van der Waals surface area (Å²) in [7, 11) is 0. The van der Waals surface area contributed by atoms with Crippen molar-refractivity contribution in [3.05, 3.63) is 76.7 Å². The van der Waals surface area contributed by atoms with Crippen LogP contribution in [0.15, 0.2) is 54.7 Å². The second-order valence-corrected chi connectivity index (χ2v) is 6.57. The summed E-state index contributed by atoms with van der Waals surface area (Å²) >= 11 is 6.03. The number of fused-ring (bicyclic) bond motifs is 1. The van der Waals surface area contributed by atoms with Crippen molar-refractivity contribution in [1.82, 2.24) is 9.88 Å². The second-order valence-electron chi connectivity index (χ2n) is 6.13. The van der Waals surface area contributed by atoms with Crippen LogP contribution in [0.4, 0.5) is 4.39 Å². The van der Waals surface area contributed by atoms with Crippen molar-refractivity contribution in [2.75, 3.05) is 13.1 Å². The molecule has 5 heteroatoms. The summed E-state index contributed by atoms with van der Waals surface area (Å²) in [6, 6.07) is 11.6. The maximum Gasteiger partial charge on any atom is 0.254 e. The first-order valence-electron chi connectivity index (χ1n) is 8.13. The van der Waals surface area contributed by atoms with E-state index in [0.29, 0.717) is 23.7 Å². The summed E-state index contributed by atoms with van der Waals surface area (Å²) in [5.41, 5.74) is 3.74. The normalized spacial score (nSPS) is 14.6. The van der Waals surface area contributed by atoms with Gasteiger partial charge in [-0.15, -0.1) is 0 Å². The molecule has 0 spiro atoms. The molecule has 1 aliphatic heterocycles. The van der Waals surface area contributed by atoms with Crippen LogP contribution in [-0.2, 0) is 0 Å². The lowest BCUT2D eigenvalue weighted by Gasteiger charge is -2.26. The van der Waals surface area contributed by atoms with E-state index in [2.05, 4.69) is 11.1 Å². The van der Waals surface area contributed by atoms with Crippen molar-refractivity contribution in [2.24, 2.45) is 0 Å². The quantitative estimate of drug-likeness (QED) is 0.698. The zero-order valence-corrected chi connectivity index (χ0v) is 14.2. The first-order chi connectivity index (χ1) is 12.1. The van der Waals surface area contributed by atoms with Crippen LogP contribution in [0.3, 0.4) is 0 Å². The van der Waals surface area contributed by atoms with E-state index in [4.69, 9.17) is 11.6 Å². The highest BCUT2D eigenvalue weighted by atomic mass is 35.5. The van der Waals surface area contributed by atoms with Crippen LogP contribution in [-0.4, -0.2) is 28.9 Å². The molecule has 0 saturated carbocycles. The highest BCUT2D eigenvalue weighted by Gasteiger charge is 2.20. The Bertz CT molecular complexity index is 992. The van der Waals surface area contributed by atoms with Gasteiger partial charge in [-0.3, -0.25) is 4.79 Å². The van der Waals surface area contributed by atoms with Crippen LogP contribution in [0.25, 0.3) is 16.5 Å².